The van der Waals surface area contributed by atoms with Crippen molar-refractivity contribution in [2.75, 3.05) is 24.7 Å². The van der Waals surface area contributed by atoms with Gasteiger partial charge in [-0.1, -0.05) is 26.8 Å². The molecular weight excluding hydrogens is 250 g/mol. The largest absolute Gasteiger partial charge is 0.369 e. The van der Waals surface area contributed by atoms with E-state index in [1.165, 1.54) is 5.56 Å². The number of hydrogen-bond donors (Lipinski definition) is 2. The molecule has 0 aliphatic rings. The Balaban J connectivity index is 2.45. The SMILES string of the molecule is CC(C)(C)c1ccc(NCCNS(C)(=O)=O)nc1. The first-order valence-corrected chi connectivity index (χ1v) is 7.73. The molecule has 18 heavy (non-hydrogen) atoms. The van der Waals surface area contributed by atoms with Gasteiger partial charge in [0.25, 0.3) is 0 Å². The van der Waals surface area contributed by atoms with Crippen molar-refractivity contribution in [2.24, 2.45) is 0 Å². The van der Waals surface area contributed by atoms with Crippen molar-refractivity contribution in [3.8, 4) is 0 Å². The average Bonchev–Trinajstić information content (AvgIpc) is 2.22. The van der Waals surface area contributed by atoms with Gasteiger partial charge in [-0.25, -0.2) is 18.1 Å². The fraction of sp³-hybridized carbons (Fsp3) is 0.583. The molecular formula is C12H21N3O2S. The van der Waals surface area contributed by atoms with Gasteiger partial charge in [-0.05, 0) is 17.0 Å². The number of anilines is 1. The molecule has 0 amide bonds. The molecule has 0 aromatic carbocycles. The second-order valence-corrected chi connectivity index (χ2v) is 7.11. The highest BCUT2D eigenvalue weighted by Crippen LogP contribution is 2.21. The highest BCUT2D eigenvalue weighted by atomic mass is 32.2. The number of rotatable bonds is 5. The molecule has 5 nitrogen and oxygen atoms in total. The molecule has 6 heteroatoms. The maximum atomic E-state index is 10.8. The molecule has 0 aliphatic heterocycles. The molecule has 0 atom stereocenters. The van der Waals surface area contributed by atoms with E-state index in [0.717, 1.165) is 12.1 Å². The Morgan fingerprint density at radius 2 is 1.89 bits per heavy atom. The van der Waals surface area contributed by atoms with Crippen molar-refractivity contribution >= 4 is 15.8 Å². The zero-order valence-corrected chi connectivity index (χ0v) is 12.1. The summed E-state index contributed by atoms with van der Waals surface area (Å²) in [6.07, 6.45) is 2.98. The summed E-state index contributed by atoms with van der Waals surface area (Å²) in [6.45, 7) is 7.25. The van der Waals surface area contributed by atoms with Crippen molar-refractivity contribution in [3.63, 3.8) is 0 Å². The monoisotopic (exact) mass is 271 g/mol. The first kappa shape index (κ1) is 14.9. The van der Waals surface area contributed by atoms with Gasteiger partial charge >= 0.3 is 0 Å². The number of pyridine rings is 1. The van der Waals surface area contributed by atoms with Crippen molar-refractivity contribution in [2.45, 2.75) is 26.2 Å². The molecule has 1 rings (SSSR count). The highest BCUT2D eigenvalue weighted by Gasteiger charge is 2.13. The first-order valence-electron chi connectivity index (χ1n) is 5.83. The van der Waals surface area contributed by atoms with Gasteiger partial charge in [0, 0.05) is 19.3 Å². The molecule has 1 aromatic rings. The molecule has 0 radical (unpaired) electrons. The van der Waals surface area contributed by atoms with E-state index >= 15 is 0 Å². The van der Waals surface area contributed by atoms with E-state index in [4.69, 9.17) is 0 Å². The third-order valence-corrected chi connectivity index (χ3v) is 3.15. The van der Waals surface area contributed by atoms with Crippen molar-refractivity contribution in [1.82, 2.24) is 9.71 Å². The van der Waals surface area contributed by atoms with Crippen LogP contribution in [0, 0.1) is 0 Å². The highest BCUT2D eigenvalue weighted by molar-refractivity contribution is 7.88. The molecule has 2 N–H and O–H groups in total. The lowest BCUT2D eigenvalue weighted by atomic mass is 9.88. The molecule has 0 fully saturated rings. The van der Waals surface area contributed by atoms with Gasteiger partial charge < -0.3 is 5.32 Å². The summed E-state index contributed by atoms with van der Waals surface area (Å²) in [5.41, 5.74) is 1.26. The minimum atomic E-state index is -3.12. The third kappa shape index (κ3) is 5.46. The van der Waals surface area contributed by atoms with E-state index in [0.29, 0.717) is 13.1 Å². The lowest BCUT2D eigenvalue weighted by Crippen LogP contribution is -2.27. The van der Waals surface area contributed by atoms with Crippen LogP contribution in [0.3, 0.4) is 0 Å². The Morgan fingerprint density at radius 3 is 2.33 bits per heavy atom. The number of nitrogens with zero attached hydrogens (tertiary/aromatic N) is 1. The van der Waals surface area contributed by atoms with Crippen molar-refractivity contribution in [1.29, 1.82) is 0 Å². The molecule has 0 saturated heterocycles. The fourth-order valence-corrected chi connectivity index (χ4v) is 1.84. The Hall–Kier alpha value is -1.14. The van der Waals surface area contributed by atoms with E-state index < -0.39 is 10.0 Å². The van der Waals surface area contributed by atoms with E-state index in [1.807, 2.05) is 18.3 Å². The van der Waals surface area contributed by atoms with Gasteiger partial charge in [0.15, 0.2) is 0 Å². The second kappa shape index (κ2) is 5.67. The zero-order valence-electron chi connectivity index (χ0n) is 11.3. The summed E-state index contributed by atoms with van der Waals surface area (Å²) in [5, 5.41) is 3.06. The van der Waals surface area contributed by atoms with Crippen molar-refractivity contribution in [3.05, 3.63) is 23.9 Å². The molecule has 1 aromatic heterocycles. The topological polar surface area (TPSA) is 71.1 Å². The van der Waals surface area contributed by atoms with Gasteiger partial charge in [0.05, 0.1) is 6.26 Å². The van der Waals surface area contributed by atoms with E-state index in [1.54, 1.807) is 0 Å². The van der Waals surface area contributed by atoms with Crippen molar-refractivity contribution < 1.29 is 8.42 Å². The van der Waals surface area contributed by atoms with E-state index in [9.17, 15) is 8.42 Å². The molecule has 1 heterocycles. The lowest BCUT2D eigenvalue weighted by Gasteiger charge is -2.18. The van der Waals surface area contributed by atoms with E-state index in [2.05, 4.69) is 35.8 Å². The molecule has 0 bridgehead atoms. The summed E-state index contributed by atoms with van der Waals surface area (Å²) in [6, 6.07) is 3.93. The average molecular weight is 271 g/mol. The Labute approximate surface area is 109 Å². The Morgan fingerprint density at radius 1 is 1.22 bits per heavy atom. The number of aromatic nitrogens is 1. The first-order chi connectivity index (χ1) is 8.18. The molecule has 102 valence electrons. The summed E-state index contributed by atoms with van der Waals surface area (Å²) in [5.74, 6) is 0.748. The number of hydrogen-bond acceptors (Lipinski definition) is 4. The summed E-state index contributed by atoms with van der Waals surface area (Å²) in [4.78, 5) is 4.29. The Kier molecular flexibility index (Phi) is 4.70. The van der Waals surface area contributed by atoms with Crippen LogP contribution in [0.25, 0.3) is 0 Å². The van der Waals surface area contributed by atoms with Crippen LogP contribution in [0.15, 0.2) is 18.3 Å². The standard InChI is InChI=1S/C12H21N3O2S/c1-12(2,3)10-5-6-11(14-9-10)13-7-8-15-18(4,16)17/h5-6,9,15H,7-8H2,1-4H3,(H,13,14). The molecule has 0 unspecified atom stereocenters. The normalized spacial score (nSPS) is 12.4. The maximum absolute atomic E-state index is 10.8. The zero-order chi connectivity index (χ0) is 13.8. The smallest absolute Gasteiger partial charge is 0.208 e. The number of nitrogens with one attached hydrogen (secondary N) is 2. The quantitative estimate of drug-likeness (QED) is 0.793. The minimum Gasteiger partial charge on any atom is -0.369 e. The van der Waals surface area contributed by atoms with E-state index in [-0.39, 0.29) is 5.41 Å². The maximum Gasteiger partial charge on any atom is 0.208 e. The predicted molar refractivity (Wildman–Crippen MR) is 74.3 cm³/mol. The summed E-state index contributed by atoms with van der Waals surface area (Å²) >= 11 is 0. The summed E-state index contributed by atoms with van der Waals surface area (Å²) < 4.78 is 24.1. The van der Waals surface area contributed by atoms with Crippen LogP contribution in [-0.2, 0) is 15.4 Å². The fourth-order valence-electron chi connectivity index (χ4n) is 1.37. The second-order valence-electron chi connectivity index (χ2n) is 5.28. The lowest BCUT2D eigenvalue weighted by molar-refractivity contribution is 0.586. The predicted octanol–water partition coefficient (Wildman–Crippen LogP) is 1.34. The van der Waals surface area contributed by atoms with Crippen LogP contribution in [0.1, 0.15) is 26.3 Å². The van der Waals surface area contributed by atoms with Crippen LogP contribution in [0.5, 0.6) is 0 Å². The molecule has 0 aliphatic carbocycles. The number of sulfonamides is 1. The minimum absolute atomic E-state index is 0.0867. The molecule has 0 saturated carbocycles. The van der Waals surface area contributed by atoms with Crippen LogP contribution in [-0.4, -0.2) is 32.7 Å². The van der Waals surface area contributed by atoms with Gasteiger partial charge in [0.2, 0.25) is 10.0 Å². The third-order valence-electron chi connectivity index (χ3n) is 2.42. The van der Waals surface area contributed by atoms with Gasteiger partial charge in [-0.15, -0.1) is 0 Å². The van der Waals surface area contributed by atoms with Crippen LogP contribution in [0.4, 0.5) is 5.82 Å². The van der Waals surface area contributed by atoms with Gasteiger partial charge in [0.1, 0.15) is 5.82 Å². The molecule has 0 spiro atoms. The van der Waals surface area contributed by atoms with Crippen LogP contribution in [0.2, 0.25) is 0 Å². The van der Waals surface area contributed by atoms with Gasteiger partial charge in [-0.2, -0.15) is 0 Å². The van der Waals surface area contributed by atoms with Crippen LogP contribution < -0.4 is 10.0 Å². The summed E-state index contributed by atoms with van der Waals surface area (Å²) in [7, 11) is -3.12. The Bertz CT molecular complexity index is 475. The van der Waals surface area contributed by atoms with Gasteiger partial charge in [-0.3, -0.25) is 0 Å². The van der Waals surface area contributed by atoms with Crippen LogP contribution >= 0.6 is 0 Å².